The Morgan fingerprint density at radius 2 is 2.08 bits per heavy atom. The van der Waals surface area contributed by atoms with Gasteiger partial charge in [0.25, 0.3) is 0 Å². The number of halogens is 1. The van der Waals surface area contributed by atoms with Crippen LogP contribution in [0.5, 0.6) is 0 Å². The Morgan fingerprint density at radius 3 is 2.72 bits per heavy atom. The van der Waals surface area contributed by atoms with Gasteiger partial charge in [-0.05, 0) is 42.7 Å². The molecule has 2 amide bonds. The lowest BCUT2D eigenvalue weighted by molar-refractivity contribution is -0.122. The summed E-state index contributed by atoms with van der Waals surface area (Å²) in [4.78, 5) is 23.8. The van der Waals surface area contributed by atoms with Crippen molar-refractivity contribution in [3.8, 4) is 0 Å². The SMILES string of the molecule is O=C(CCC1(Cc2ccco2)CCC(=O)N1)NCc1ccc(F)cc1. The molecule has 3 rings (SSSR count). The molecule has 1 unspecified atom stereocenters. The second-order valence-electron chi connectivity index (χ2n) is 6.49. The largest absolute Gasteiger partial charge is 0.469 e. The van der Waals surface area contributed by atoms with Crippen molar-refractivity contribution in [3.63, 3.8) is 0 Å². The molecule has 1 aromatic carbocycles. The van der Waals surface area contributed by atoms with Crippen LogP contribution in [0.3, 0.4) is 0 Å². The molecule has 2 heterocycles. The van der Waals surface area contributed by atoms with Gasteiger partial charge in [0.2, 0.25) is 11.8 Å². The van der Waals surface area contributed by atoms with Crippen LogP contribution in [0, 0.1) is 5.82 Å². The molecular formula is C19H21FN2O3. The molecule has 0 saturated carbocycles. The predicted octanol–water partition coefficient (Wildman–Crippen LogP) is 2.71. The normalized spacial score (nSPS) is 19.6. The van der Waals surface area contributed by atoms with Gasteiger partial charge in [0.1, 0.15) is 11.6 Å². The molecule has 2 N–H and O–H groups in total. The first kappa shape index (κ1) is 17.2. The first-order chi connectivity index (χ1) is 12.0. The molecule has 5 nitrogen and oxygen atoms in total. The summed E-state index contributed by atoms with van der Waals surface area (Å²) in [6, 6.07) is 9.72. The summed E-state index contributed by atoms with van der Waals surface area (Å²) in [7, 11) is 0. The van der Waals surface area contributed by atoms with Crippen molar-refractivity contribution in [2.75, 3.05) is 0 Å². The van der Waals surface area contributed by atoms with Crippen LogP contribution in [0.2, 0.25) is 0 Å². The van der Waals surface area contributed by atoms with Crippen molar-refractivity contribution < 1.29 is 18.4 Å². The summed E-state index contributed by atoms with van der Waals surface area (Å²) in [6.45, 7) is 0.358. The minimum absolute atomic E-state index is 0.0123. The monoisotopic (exact) mass is 344 g/mol. The van der Waals surface area contributed by atoms with Gasteiger partial charge in [-0.25, -0.2) is 4.39 Å². The number of furan rings is 1. The van der Waals surface area contributed by atoms with Crippen LogP contribution in [0.25, 0.3) is 0 Å². The van der Waals surface area contributed by atoms with E-state index in [1.54, 1.807) is 18.4 Å². The second kappa shape index (κ2) is 7.51. The van der Waals surface area contributed by atoms with E-state index < -0.39 is 5.54 Å². The molecule has 1 atom stereocenters. The molecular weight excluding hydrogens is 323 g/mol. The van der Waals surface area contributed by atoms with Crippen molar-refractivity contribution in [2.45, 2.75) is 44.2 Å². The van der Waals surface area contributed by atoms with Crippen LogP contribution in [-0.4, -0.2) is 17.4 Å². The molecule has 132 valence electrons. The highest BCUT2D eigenvalue weighted by Crippen LogP contribution is 2.29. The molecule has 0 bridgehead atoms. The van der Waals surface area contributed by atoms with Crippen LogP contribution in [-0.2, 0) is 22.6 Å². The standard InChI is InChI=1S/C19H21FN2O3/c20-15-5-3-14(4-6-15)13-21-17(23)7-9-19(10-8-18(24)22-19)12-16-2-1-11-25-16/h1-6,11H,7-10,12-13H2,(H,21,23)(H,22,24). The van der Waals surface area contributed by atoms with Crippen LogP contribution in [0.4, 0.5) is 4.39 Å². The van der Waals surface area contributed by atoms with Gasteiger partial charge in [0.05, 0.1) is 6.26 Å². The minimum Gasteiger partial charge on any atom is -0.469 e. The van der Waals surface area contributed by atoms with E-state index in [0.717, 1.165) is 11.3 Å². The number of benzene rings is 1. The number of carbonyl (C=O) groups excluding carboxylic acids is 2. The average Bonchev–Trinajstić information content (AvgIpc) is 3.23. The Labute approximate surface area is 145 Å². The molecule has 1 saturated heterocycles. The first-order valence-electron chi connectivity index (χ1n) is 8.39. The molecule has 25 heavy (non-hydrogen) atoms. The Hall–Kier alpha value is -2.63. The third-order valence-corrected chi connectivity index (χ3v) is 4.56. The molecule has 6 heteroatoms. The number of hydrogen-bond donors (Lipinski definition) is 2. The van der Waals surface area contributed by atoms with E-state index in [9.17, 15) is 14.0 Å². The van der Waals surface area contributed by atoms with Crippen molar-refractivity contribution in [2.24, 2.45) is 0 Å². The third kappa shape index (κ3) is 4.68. The van der Waals surface area contributed by atoms with Crippen molar-refractivity contribution >= 4 is 11.8 Å². The topological polar surface area (TPSA) is 71.3 Å². The molecule has 1 aliphatic rings. The lowest BCUT2D eigenvalue weighted by Gasteiger charge is -2.28. The Balaban J connectivity index is 1.53. The highest BCUT2D eigenvalue weighted by atomic mass is 19.1. The van der Waals surface area contributed by atoms with Crippen molar-refractivity contribution in [3.05, 3.63) is 59.8 Å². The molecule has 0 radical (unpaired) electrons. The van der Waals surface area contributed by atoms with E-state index in [1.165, 1.54) is 12.1 Å². The van der Waals surface area contributed by atoms with E-state index in [2.05, 4.69) is 10.6 Å². The van der Waals surface area contributed by atoms with Crippen LogP contribution < -0.4 is 10.6 Å². The Bertz CT molecular complexity index is 728. The maximum atomic E-state index is 12.9. The maximum absolute atomic E-state index is 12.9. The Kier molecular flexibility index (Phi) is 5.16. The zero-order chi connectivity index (χ0) is 17.7. The molecule has 2 aromatic rings. The summed E-state index contributed by atoms with van der Waals surface area (Å²) in [5.41, 5.74) is 0.413. The predicted molar refractivity (Wildman–Crippen MR) is 90.0 cm³/mol. The van der Waals surface area contributed by atoms with Crippen LogP contribution >= 0.6 is 0 Å². The fourth-order valence-electron chi connectivity index (χ4n) is 3.17. The van der Waals surface area contributed by atoms with Gasteiger partial charge in [-0.15, -0.1) is 0 Å². The zero-order valence-electron chi connectivity index (χ0n) is 13.9. The number of carbonyl (C=O) groups is 2. The quantitative estimate of drug-likeness (QED) is 0.811. The highest BCUT2D eigenvalue weighted by molar-refractivity contribution is 5.80. The van der Waals surface area contributed by atoms with E-state index in [0.29, 0.717) is 38.6 Å². The fourth-order valence-corrected chi connectivity index (χ4v) is 3.17. The summed E-state index contributed by atoms with van der Waals surface area (Å²) in [5.74, 6) is 0.420. The molecule has 1 aromatic heterocycles. The number of rotatable bonds is 7. The lowest BCUT2D eigenvalue weighted by Crippen LogP contribution is -2.44. The molecule has 1 fully saturated rings. The minimum atomic E-state index is -0.428. The lowest BCUT2D eigenvalue weighted by atomic mass is 9.87. The number of hydrogen-bond acceptors (Lipinski definition) is 3. The maximum Gasteiger partial charge on any atom is 0.220 e. The van der Waals surface area contributed by atoms with E-state index in [4.69, 9.17) is 4.42 Å². The van der Waals surface area contributed by atoms with Crippen LogP contribution in [0.15, 0.2) is 47.1 Å². The Morgan fingerprint density at radius 1 is 1.28 bits per heavy atom. The molecule has 0 spiro atoms. The van der Waals surface area contributed by atoms with E-state index in [1.807, 2.05) is 12.1 Å². The van der Waals surface area contributed by atoms with Gasteiger partial charge < -0.3 is 15.1 Å². The summed E-state index contributed by atoms with van der Waals surface area (Å²) >= 11 is 0. The van der Waals surface area contributed by atoms with E-state index in [-0.39, 0.29) is 17.6 Å². The van der Waals surface area contributed by atoms with Crippen LogP contribution in [0.1, 0.15) is 37.0 Å². The van der Waals surface area contributed by atoms with Crippen molar-refractivity contribution in [1.82, 2.24) is 10.6 Å². The number of nitrogens with one attached hydrogen (secondary N) is 2. The smallest absolute Gasteiger partial charge is 0.220 e. The zero-order valence-corrected chi connectivity index (χ0v) is 13.9. The molecule has 0 aliphatic carbocycles. The van der Waals surface area contributed by atoms with Gasteiger partial charge in [-0.2, -0.15) is 0 Å². The van der Waals surface area contributed by atoms with Gasteiger partial charge in [-0.3, -0.25) is 9.59 Å². The number of amides is 2. The average molecular weight is 344 g/mol. The second-order valence-corrected chi connectivity index (χ2v) is 6.49. The van der Waals surface area contributed by atoms with Crippen molar-refractivity contribution in [1.29, 1.82) is 0 Å². The van der Waals surface area contributed by atoms with Gasteiger partial charge >= 0.3 is 0 Å². The summed E-state index contributed by atoms with van der Waals surface area (Å²) in [5, 5.41) is 5.85. The van der Waals surface area contributed by atoms with Gasteiger partial charge in [0, 0.05) is 31.3 Å². The summed E-state index contributed by atoms with van der Waals surface area (Å²) < 4.78 is 18.3. The van der Waals surface area contributed by atoms with Gasteiger partial charge in [-0.1, -0.05) is 12.1 Å². The molecule has 1 aliphatic heterocycles. The summed E-state index contributed by atoms with van der Waals surface area (Å²) in [6.07, 6.45) is 4.21. The first-order valence-corrected chi connectivity index (χ1v) is 8.39. The highest BCUT2D eigenvalue weighted by Gasteiger charge is 2.38. The van der Waals surface area contributed by atoms with E-state index >= 15 is 0 Å². The fraction of sp³-hybridized carbons (Fsp3) is 0.368. The van der Waals surface area contributed by atoms with Gasteiger partial charge in [0.15, 0.2) is 0 Å². The third-order valence-electron chi connectivity index (χ3n) is 4.56.